The van der Waals surface area contributed by atoms with E-state index in [0.717, 1.165) is 42.5 Å². The van der Waals surface area contributed by atoms with Gasteiger partial charge in [0, 0.05) is 12.1 Å². The molecular weight excluding hydrogens is 355 g/mol. The lowest BCUT2D eigenvalue weighted by molar-refractivity contribution is -0.385. The van der Waals surface area contributed by atoms with E-state index in [4.69, 9.17) is 5.84 Å². The van der Waals surface area contributed by atoms with Crippen molar-refractivity contribution >= 4 is 27.3 Å². The predicted octanol–water partition coefficient (Wildman–Crippen LogP) is 0.919. The number of halogens is 1. The summed E-state index contributed by atoms with van der Waals surface area (Å²) < 4.78 is 39.4. The van der Waals surface area contributed by atoms with Crippen molar-refractivity contribution in [3.63, 3.8) is 0 Å². The minimum Gasteiger partial charge on any atom is -0.293 e. The van der Waals surface area contributed by atoms with Crippen LogP contribution in [0.5, 0.6) is 0 Å². The Bertz CT molecular complexity index is 902. The highest BCUT2D eigenvalue weighted by Gasteiger charge is 2.28. The van der Waals surface area contributed by atoms with Gasteiger partial charge in [0.25, 0.3) is 21.6 Å². The van der Waals surface area contributed by atoms with Crippen LogP contribution in [-0.4, -0.2) is 25.8 Å². The first-order valence-corrected chi connectivity index (χ1v) is 8.22. The van der Waals surface area contributed by atoms with Crippen molar-refractivity contribution in [3.8, 4) is 0 Å². The second-order valence-electron chi connectivity index (χ2n) is 4.81. The Kier molecular flexibility index (Phi) is 5.29. The first kappa shape index (κ1) is 18.3. The molecule has 0 atom stereocenters. The van der Waals surface area contributed by atoms with Gasteiger partial charge in [-0.3, -0.25) is 24.6 Å². The third-order valence-electron chi connectivity index (χ3n) is 3.18. The highest BCUT2D eigenvalue weighted by Crippen LogP contribution is 2.26. The number of hydrazine groups is 1. The largest absolute Gasteiger partial charge is 0.293 e. The average Bonchev–Trinajstić information content (AvgIpc) is 2.60. The van der Waals surface area contributed by atoms with Gasteiger partial charge in [-0.25, -0.2) is 18.7 Å². The quantitative estimate of drug-likeness (QED) is 0.337. The molecule has 3 N–H and O–H groups in total. The van der Waals surface area contributed by atoms with Gasteiger partial charge in [-0.2, -0.15) is 0 Å². The summed E-state index contributed by atoms with van der Waals surface area (Å²) in [6.45, 7) is -0.687. The lowest BCUT2D eigenvalue weighted by Crippen LogP contribution is -2.43. The van der Waals surface area contributed by atoms with Crippen LogP contribution in [0.4, 0.5) is 15.8 Å². The van der Waals surface area contributed by atoms with Gasteiger partial charge in [-0.15, -0.1) is 0 Å². The molecule has 2 aromatic rings. The summed E-state index contributed by atoms with van der Waals surface area (Å²) in [5, 5.41) is 10.9. The summed E-state index contributed by atoms with van der Waals surface area (Å²) in [4.78, 5) is 21.3. The maximum atomic E-state index is 13.1. The Morgan fingerprint density at radius 2 is 1.88 bits per heavy atom. The Morgan fingerprint density at radius 3 is 2.44 bits per heavy atom. The third kappa shape index (κ3) is 4.08. The molecule has 11 heteroatoms. The molecule has 0 bridgehead atoms. The number of anilines is 1. The number of sulfonamides is 1. The first-order valence-electron chi connectivity index (χ1n) is 6.78. The molecule has 2 aromatic carbocycles. The summed E-state index contributed by atoms with van der Waals surface area (Å²) >= 11 is 0. The zero-order chi connectivity index (χ0) is 18.6. The van der Waals surface area contributed by atoms with E-state index in [0.29, 0.717) is 4.31 Å². The molecule has 0 heterocycles. The highest BCUT2D eigenvalue weighted by molar-refractivity contribution is 7.92. The van der Waals surface area contributed by atoms with Crippen LogP contribution in [0.1, 0.15) is 0 Å². The molecule has 9 nitrogen and oxygen atoms in total. The van der Waals surface area contributed by atoms with Gasteiger partial charge in [0.05, 0.1) is 15.5 Å². The van der Waals surface area contributed by atoms with Gasteiger partial charge in [0.15, 0.2) is 0 Å². The Morgan fingerprint density at radius 1 is 1.24 bits per heavy atom. The number of benzene rings is 2. The highest BCUT2D eigenvalue weighted by atomic mass is 32.2. The molecule has 0 aliphatic heterocycles. The van der Waals surface area contributed by atoms with Crippen LogP contribution in [0.15, 0.2) is 53.4 Å². The van der Waals surface area contributed by atoms with E-state index >= 15 is 0 Å². The predicted molar refractivity (Wildman–Crippen MR) is 86.4 cm³/mol. The number of hydrogen-bond donors (Lipinski definition) is 2. The smallest absolute Gasteiger partial charge is 0.270 e. The lowest BCUT2D eigenvalue weighted by atomic mass is 10.3. The van der Waals surface area contributed by atoms with Crippen LogP contribution >= 0.6 is 0 Å². The topological polar surface area (TPSA) is 136 Å². The molecule has 0 aromatic heterocycles. The number of carbonyl (C=O) groups excluding carboxylic acids is 1. The molecule has 0 fully saturated rings. The van der Waals surface area contributed by atoms with Gasteiger partial charge >= 0.3 is 0 Å². The van der Waals surface area contributed by atoms with E-state index in [1.54, 1.807) is 5.43 Å². The fourth-order valence-electron chi connectivity index (χ4n) is 1.98. The molecule has 0 aliphatic rings. The minimum absolute atomic E-state index is 0.00324. The molecule has 1 amide bonds. The summed E-state index contributed by atoms with van der Waals surface area (Å²) in [6.07, 6.45) is 0. The van der Waals surface area contributed by atoms with Gasteiger partial charge in [-0.05, 0) is 30.3 Å². The van der Waals surface area contributed by atoms with Gasteiger partial charge < -0.3 is 0 Å². The molecule has 25 heavy (non-hydrogen) atoms. The van der Waals surface area contributed by atoms with Crippen molar-refractivity contribution in [2.75, 3.05) is 10.8 Å². The maximum absolute atomic E-state index is 13.1. The fraction of sp³-hybridized carbons (Fsp3) is 0.0714. The van der Waals surface area contributed by atoms with Crippen LogP contribution in [0.25, 0.3) is 0 Å². The van der Waals surface area contributed by atoms with Crippen LogP contribution in [0.2, 0.25) is 0 Å². The van der Waals surface area contributed by atoms with Crippen LogP contribution in [0.3, 0.4) is 0 Å². The van der Waals surface area contributed by atoms with E-state index < -0.39 is 43.8 Å². The number of nitrogens with zero attached hydrogens (tertiary/aromatic N) is 2. The van der Waals surface area contributed by atoms with E-state index in [-0.39, 0.29) is 5.69 Å². The van der Waals surface area contributed by atoms with E-state index in [1.165, 1.54) is 6.07 Å². The second-order valence-corrected chi connectivity index (χ2v) is 6.67. The van der Waals surface area contributed by atoms with Crippen LogP contribution < -0.4 is 15.6 Å². The maximum Gasteiger partial charge on any atom is 0.270 e. The van der Waals surface area contributed by atoms with Crippen molar-refractivity contribution in [2.24, 2.45) is 5.84 Å². The Hall–Kier alpha value is -3.05. The van der Waals surface area contributed by atoms with Crippen LogP contribution in [-0.2, 0) is 14.8 Å². The number of carbonyl (C=O) groups is 1. The van der Waals surface area contributed by atoms with Crippen molar-refractivity contribution in [2.45, 2.75) is 4.90 Å². The van der Waals surface area contributed by atoms with Crippen molar-refractivity contribution in [1.29, 1.82) is 0 Å². The van der Waals surface area contributed by atoms with Gasteiger partial charge in [-0.1, -0.05) is 6.07 Å². The standard InChI is InChI=1S/C14H13FN4O5S/c15-10-4-6-11(7-5-10)18(9-14(20)17-16)25(23,24)13-3-1-2-12(8-13)19(21)22/h1-8H,9,16H2,(H,17,20). The van der Waals surface area contributed by atoms with Crippen LogP contribution in [0, 0.1) is 15.9 Å². The number of nitro benzene ring substituents is 1. The SMILES string of the molecule is NNC(=O)CN(c1ccc(F)cc1)S(=O)(=O)c1cccc([N+](=O)[O-])c1. The fourth-order valence-corrected chi connectivity index (χ4v) is 3.44. The molecule has 0 spiro atoms. The number of nitrogens with two attached hydrogens (primary N) is 1. The minimum atomic E-state index is -4.34. The lowest BCUT2D eigenvalue weighted by Gasteiger charge is -2.23. The van der Waals surface area contributed by atoms with Crippen molar-refractivity contribution in [3.05, 3.63) is 64.5 Å². The first-order chi connectivity index (χ1) is 11.8. The second kappa shape index (κ2) is 7.23. The molecule has 0 unspecified atom stereocenters. The number of nitro groups is 1. The van der Waals surface area contributed by atoms with E-state index in [9.17, 15) is 27.7 Å². The zero-order valence-corrected chi connectivity index (χ0v) is 13.4. The summed E-state index contributed by atoms with van der Waals surface area (Å²) in [6, 6.07) is 8.72. The van der Waals surface area contributed by atoms with Crippen molar-refractivity contribution < 1.29 is 22.5 Å². The molecule has 0 saturated carbocycles. The normalized spacial score (nSPS) is 11.0. The molecule has 0 aliphatic carbocycles. The van der Waals surface area contributed by atoms with Crippen molar-refractivity contribution in [1.82, 2.24) is 5.43 Å². The summed E-state index contributed by atoms with van der Waals surface area (Å²) in [5.41, 5.74) is 1.37. The molecule has 0 saturated heterocycles. The molecule has 2 rings (SSSR count). The average molecular weight is 368 g/mol. The van der Waals surface area contributed by atoms with E-state index in [2.05, 4.69) is 0 Å². The zero-order valence-electron chi connectivity index (χ0n) is 12.6. The molecular formula is C14H13FN4O5S. The summed E-state index contributed by atoms with van der Waals surface area (Å²) in [5.74, 6) is 3.58. The summed E-state index contributed by atoms with van der Waals surface area (Å²) in [7, 11) is -4.34. The number of amides is 1. The third-order valence-corrected chi connectivity index (χ3v) is 4.95. The van der Waals surface area contributed by atoms with Gasteiger partial charge in [0.1, 0.15) is 12.4 Å². The molecule has 0 radical (unpaired) electrons. The number of nitrogens with one attached hydrogen (secondary N) is 1. The monoisotopic (exact) mass is 368 g/mol. The van der Waals surface area contributed by atoms with Gasteiger partial charge in [0.2, 0.25) is 0 Å². The Labute approximate surface area is 142 Å². The van der Waals surface area contributed by atoms with E-state index in [1.807, 2.05) is 0 Å². The number of hydrogen-bond acceptors (Lipinski definition) is 6. The Balaban J connectivity index is 2.54. The number of rotatable bonds is 6. The number of non-ortho nitro benzene ring substituents is 1. The molecule has 132 valence electrons.